The number of nitrogens with two attached hydrogens (primary N) is 1. The molecule has 1 aliphatic heterocycles. The van der Waals surface area contributed by atoms with Crippen LogP contribution in [0.3, 0.4) is 0 Å². The number of carbonyl (C=O) groups excluding carboxylic acids is 2. The summed E-state index contributed by atoms with van der Waals surface area (Å²) in [5.41, 5.74) is 5.70. The van der Waals surface area contributed by atoms with Gasteiger partial charge in [0.25, 0.3) is 5.91 Å². The molecule has 0 aromatic heterocycles. The van der Waals surface area contributed by atoms with E-state index in [0.717, 1.165) is 0 Å². The van der Waals surface area contributed by atoms with Crippen LogP contribution in [0.25, 0.3) is 0 Å². The molecule has 1 heterocycles. The Balaban J connectivity index is 2.05. The number of likely N-dealkylation sites (tertiary alicyclic amines) is 1. The van der Waals surface area contributed by atoms with Crippen LogP contribution < -0.4 is 5.73 Å². The van der Waals surface area contributed by atoms with Crippen LogP contribution in [0.2, 0.25) is 0 Å². The number of primary amides is 1. The molecular formula is C13H15BrN2O3. The maximum absolute atomic E-state index is 12.2. The van der Waals surface area contributed by atoms with Gasteiger partial charge in [-0.2, -0.15) is 0 Å². The van der Waals surface area contributed by atoms with E-state index in [1.165, 1.54) is 6.07 Å². The summed E-state index contributed by atoms with van der Waals surface area (Å²) in [7, 11) is 0. The van der Waals surface area contributed by atoms with Crippen LogP contribution in [0.4, 0.5) is 0 Å². The van der Waals surface area contributed by atoms with Gasteiger partial charge in [-0.15, -0.1) is 0 Å². The number of piperidine rings is 1. The number of rotatable bonds is 2. The molecule has 19 heavy (non-hydrogen) atoms. The van der Waals surface area contributed by atoms with E-state index in [1.807, 2.05) is 0 Å². The summed E-state index contributed by atoms with van der Waals surface area (Å²) in [6.07, 6.45) is 1.20. The van der Waals surface area contributed by atoms with E-state index in [-0.39, 0.29) is 23.5 Å². The van der Waals surface area contributed by atoms with E-state index in [1.54, 1.807) is 17.0 Å². The Labute approximate surface area is 119 Å². The number of aromatic hydroxyl groups is 1. The van der Waals surface area contributed by atoms with Gasteiger partial charge in [0.15, 0.2) is 0 Å². The Morgan fingerprint density at radius 3 is 2.47 bits per heavy atom. The Morgan fingerprint density at radius 2 is 1.95 bits per heavy atom. The smallest absolute Gasteiger partial charge is 0.253 e. The van der Waals surface area contributed by atoms with Gasteiger partial charge in [0, 0.05) is 24.6 Å². The van der Waals surface area contributed by atoms with Crippen LogP contribution in [-0.4, -0.2) is 34.9 Å². The molecule has 0 spiro atoms. The zero-order valence-electron chi connectivity index (χ0n) is 10.3. The van der Waals surface area contributed by atoms with Gasteiger partial charge in [-0.3, -0.25) is 9.59 Å². The molecule has 0 bridgehead atoms. The second kappa shape index (κ2) is 5.61. The molecule has 1 fully saturated rings. The number of hydrogen-bond acceptors (Lipinski definition) is 3. The van der Waals surface area contributed by atoms with E-state index < -0.39 is 0 Å². The summed E-state index contributed by atoms with van der Waals surface area (Å²) < 4.78 is 0.552. The third kappa shape index (κ3) is 3.07. The molecule has 5 nitrogen and oxygen atoms in total. The highest BCUT2D eigenvalue weighted by Crippen LogP contribution is 2.26. The Bertz CT molecular complexity index is 511. The van der Waals surface area contributed by atoms with E-state index in [9.17, 15) is 14.7 Å². The number of phenols is 1. The summed E-state index contributed by atoms with van der Waals surface area (Å²) in [6, 6.07) is 4.73. The van der Waals surface area contributed by atoms with Crippen molar-refractivity contribution in [1.82, 2.24) is 4.90 Å². The van der Waals surface area contributed by atoms with Crippen molar-refractivity contribution in [2.45, 2.75) is 12.8 Å². The molecule has 0 saturated carbocycles. The number of amides is 2. The van der Waals surface area contributed by atoms with Crippen molar-refractivity contribution in [2.24, 2.45) is 11.7 Å². The van der Waals surface area contributed by atoms with Crippen LogP contribution in [0.1, 0.15) is 23.2 Å². The molecule has 6 heteroatoms. The lowest BCUT2D eigenvalue weighted by atomic mass is 9.96. The van der Waals surface area contributed by atoms with Gasteiger partial charge in [0.1, 0.15) is 5.75 Å². The fraction of sp³-hybridized carbons (Fsp3) is 0.385. The number of nitrogens with zero attached hydrogens (tertiary/aromatic N) is 1. The van der Waals surface area contributed by atoms with Gasteiger partial charge < -0.3 is 15.7 Å². The molecule has 3 N–H and O–H groups in total. The molecule has 0 atom stereocenters. The fourth-order valence-electron chi connectivity index (χ4n) is 2.20. The van der Waals surface area contributed by atoms with Crippen molar-refractivity contribution in [1.29, 1.82) is 0 Å². The van der Waals surface area contributed by atoms with Crippen LogP contribution in [0.5, 0.6) is 5.75 Å². The second-order valence-electron chi connectivity index (χ2n) is 4.64. The van der Waals surface area contributed by atoms with Crippen LogP contribution in [0.15, 0.2) is 22.7 Å². The molecule has 102 valence electrons. The summed E-state index contributed by atoms with van der Waals surface area (Å²) in [6.45, 7) is 1.03. The molecule has 1 aromatic carbocycles. The van der Waals surface area contributed by atoms with Crippen molar-refractivity contribution in [3.8, 4) is 5.75 Å². The van der Waals surface area contributed by atoms with Crippen molar-refractivity contribution in [3.05, 3.63) is 28.2 Å². The molecule has 0 unspecified atom stereocenters. The zero-order chi connectivity index (χ0) is 14.0. The summed E-state index contributed by atoms with van der Waals surface area (Å²) in [4.78, 5) is 25.0. The Kier molecular flexibility index (Phi) is 4.09. The van der Waals surface area contributed by atoms with Gasteiger partial charge >= 0.3 is 0 Å². The van der Waals surface area contributed by atoms with Gasteiger partial charge in [-0.05, 0) is 47.0 Å². The molecule has 1 aromatic rings. The largest absolute Gasteiger partial charge is 0.507 e. The SMILES string of the molecule is NC(=O)C1CCN(C(=O)c2ccc(Br)c(O)c2)CC1. The minimum Gasteiger partial charge on any atom is -0.507 e. The molecule has 2 rings (SSSR count). The lowest BCUT2D eigenvalue weighted by Crippen LogP contribution is -2.41. The first kappa shape index (κ1) is 13.9. The quantitative estimate of drug-likeness (QED) is 0.863. The molecule has 2 amide bonds. The molecule has 0 aliphatic carbocycles. The van der Waals surface area contributed by atoms with Crippen molar-refractivity contribution in [2.75, 3.05) is 13.1 Å². The number of phenolic OH excluding ortho intramolecular Hbond substituents is 1. The molecular weight excluding hydrogens is 312 g/mol. The minimum atomic E-state index is -0.298. The monoisotopic (exact) mass is 326 g/mol. The van der Waals surface area contributed by atoms with Gasteiger partial charge in [-0.1, -0.05) is 0 Å². The number of halogens is 1. The van der Waals surface area contributed by atoms with E-state index in [0.29, 0.717) is 36.0 Å². The molecule has 0 radical (unpaired) electrons. The standard InChI is InChI=1S/C13H15BrN2O3/c14-10-2-1-9(7-11(10)17)13(19)16-5-3-8(4-6-16)12(15)18/h1-2,7-8,17H,3-6H2,(H2,15,18). The summed E-state index contributed by atoms with van der Waals surface area (Å²) >= 11 is 3.17. The Morgan fingerprint density at radius 1 is 1.32 bits per heavy atom. The average molecular weight is 327 g/mol. The van der Waals surface area contributed by atoms with Crippen molar-refractivity contribution < 1.29 is 14.7 Å². The fourth-order valence-corrected chi connectivity index (χ4v) is 2.44. The first-order valence-electron chi connectivity index (χ1n) is 6.06. The maximum Gasteiger partial charge on any atom is 0.253 e. The zero-order valence-corrected chi connectivity index (χ0v) is 11.9. The van der Waals surface area contributed by atoms with Crippen LogP contribution in [0, 0.1) is 5.92 Å². The number of benzene rings is 1. The van der Waals surface area contributed by atoms with E-state index in [4.69, 9.17) is 5.73 Å². The Hall–Kier alpha value is -1.56. The normalized spacial score (nSPS) is 16.4. The highest BCUT2D eigenvalue weighted by atomic mass is 79.9. The van der Waals surface area contributed by atoms with Gasteiger partial charge in [-0.25, -0.2) is 0 Å². The predicted molar refractivity (Wildman–Crippen MR) is 73.6 cm³/mol. The highest BCUT2D eigenvalue weighted by Gasteiger charge is 2.26. The van der Waals surface area contributed by atoms with Crippen molar-refractivity contribution >= 4 is 27.7 Å². The first-order chi connectivity index (χ1) is 8.99. The number of carbonyl (C=O) groups is 2. The minimum absolute atomic E-state index is 0.0397. The van der Waals surface area contributed by atoms with E-state index in [2.05, 4.69) is 15.9 Å². The van der Waals surface area contributed by atoms with Crippen molar-refractivity contribution in [3.63, 3.8) is 0 Å². The number of hydrogen-bond donors (Lipinski definition) is 2. The van der Waals surface area contributed by atoms with Gasteiger partial charge in [0.2, 0.25) is 5.91 Å². The molecule has 1 aliphatic rings. The topological polar surface area (TPSA) is 83.6 Å². The lowest BCUT2D eigenvalue weighted by molar-refractivity contribution is -0.123. The van der Waals surface area contributed by atoms with Crippen LogP contribution >= 0.6 is 15.9 Å². The second-order valence-corrected chi connectivity index (χ2v) is 5.49. The van der Waals surface area contributed by atoms with Crippen LogP contribution in [-0.2, 0) is 4.79 Å². The predicted octanol–water partition coefficient (Wildman–Crippen LogP) is 1.49. The van der Waals surface area contributed by atoms with Gasteiger partial charge in [0.05, 0.1) is 4.47 Å². The third-order valence-corrected chi connectivity index (χ3v) is 4.05. The maximum atomic E-state index is 12.2. The molecule has 1 saturated heterocycles. The third-order valence-electron chi connectivity index (χ3n) is 3.38. The summed E-state index contributed by atoms with van der Waals surface area (Å²) in [5, 5.41) is 9.58. The lowest BCUT2D eigenvalue weighted by Gasteiger charge is -2.30. The van der Waals surface area contributed by atoms with E-state index >= 15 is 0 Å². The first-order valence-corrected chi connectivity index (χ1v) is 6.85. The summed E-state index contributed by atoms with van der Waals surface area (Å²) in [5.74, 6) is -0.528. The average Bonchev–Trinajstić information content (AvgIpc) is 2.41. The highest BCUT2D eigenvalue weighted by molar-refractivity contribution is 9.10.